The number of amides is 1. The van der Waals surface area contributed by atoms with Crippen LogP contribution in [0.25, 0.3) is 0 Å². The fourth-order valence-corrected chi connectivity index (χ4v) is 1.96. The lowest BCUT2D eigenvalue weighted by molar-refractivity contribution is -0.122. The lowest BCUT2D eigenvalue weighted by Crippen LogP contribution is -2.32. The Bertz CT molecular complexity index is 588. The zero-order valence-electron chi connectivity index (χ0n) is 12.7. The second-order valence-corrected chi connectivity index (χ2v) is 5.18. The molecule has 0 aliphatic carbocycles. The maximum Gasteiger partial charge on any atom is 0.265 e. The molecule has 0 heterocycles. The number of rotatable bonds is 5. The van der Waals surface area contributed by atoms with Crippen molar-refractivity contribution in [3.05, 3.63) is 59.7 Å². The number of aryl methyl sites for hydroxylation is 2. The molecule has 0 aliphatic heterocycles. The minimum atomic E-state index is -0.492. The monoisotopic (exact) mass is 283 g/mol. The van der Waals surface area contributed by atoms with Gasteiger partial charge < -0.3 is 10.1 Å². The zero-order valence-corrected chi connectivity index (χ0v) is 12.7. The van der Waals surface area contributed by atoms with Gasteiger partial charge in [-0.25, -0.2) is 0 Å². The largest absolute Gasteiger partial charge is 0.481 e. The molecule has 2 rings (SSSR count). The van der Waals surface area contributed by atoms with Crippen molar-refractivity contribution in [3.8, 4) is 5.75 Å². The summed E-state index contributed by atoms with van der Waals surface area (Å²) in [5.74, 6) is 0.591. The van der Waals surface area contributed by atoms with E-state index in [4.69, 9.17) is 4.74 Å². The lowest BCUT2D eigenvalue weighted by atomic mass is 10.2. The molecule has 0 aliphatic rings. The van der Waals surface area contributed by atoms with E-state index in [1.54, 1.807) is 0 Å². The van der Waals surface area contributed by atoms with Crippen LogP contribution in [0.15, 0.2) is 48.5 Å². The molecule has 3 heteroatoms. The molecule has 2 aromatic rings. The van der Waals surface area contributed by atoms with Crippen LogP contribution in [-0.4, -0.2) is 12.0 Å². The number of carbonyl (C=O) groups is 1. The molecule has 0 saturated heterocycles. The number of hydrogen-bond acceptors (Lipinski definition) is 2. The first kappa shape index (κ1) is 15.1. The van der Waals surface area contributed by atoms with Crippen LogP contribution in [0.1, 0.15) is 24.5 Å². The van der Waals surface area contributed by atoms with Crippen molar-refractivity contribution < 1.29 is 9.53 Å². The molecule has 1 amide bonds. The lowest BCUT2D eigenvalue weighted by Gasteiger charge is -2.17. The van der Waals surface area contributed by atoms with Crippen LogP contribution in [-0.2, 0) is 4.79 Å². The standard InChI is InChI=1S/C18H21NO2/c1-4-17(21-16-11-7-14(3)8-12-16)18(20)19-15-9-5-13(2)6-10-15/h5-12,17H,4H2,1-3H3,(H,19,20)/t17-/m0/s1. The fourth-order valence-electron chi connectivity index (χ4n) is 1.96. The number of hydrogen-bond donors (Lipinski definition) is 1. The highest BCUT2D eigenvalue weighted by Gasteiger charge is 2.18. The minimum Gasteiger partial charge on any atom is -0.481 e. The molecule has 3 nitrogen and oxygen atoms in total. The van der Waals surface area contributed by atoms with Crippen molar-refractivity contribution in [1.82, 2.24) is 0 Å². The SMILES string of the molecule is CC[C@H](Oc1ccc(C)cc1)C(=O)Nc1ccc(C)cc1. The van der Waals surface area contributed by atoms with Gasteiger partial charge in [0.25, 0.3) is 5.91 Å². The van der Waals surface area contributed by atoms with Crippen LogP contribution in [0.4, 0.5) is 5.69 Å². The zero-order chi connectivity index (χ0) is 15.2. The molecule has 0 saturated carbocycles. The molecule has 1 atom stereocenters. The Kier molecular flexibility index (Phi) is 4.99. The van der Waals surface area contributed by atoms with E-state index in [0.717, 1.165) is 11.3 Å². The van der Waals surface area contributed by atoms with E-state index in [9.17, 15) is 4.79 Å². The third kappa shape index (κ3) is 4.35. The summed E-state index contributed by atoms with van der Waals surface area (Å²) in [6, 6.07) is 15.4. The molecule has 0 unspecified atom stereocenters. The first-order valence-corrected chi connectivity index (χ1v) is 7.19. The van der Waals surface area contributed by atoms with E-state index in [1.807, 2.05) is 69.3 Å². The second-order valence-electron chi connectivity index (χ2n) is 5.18. The number of ether oxygens (including phenoxy) is 1. The molecule has 0 spiro atoms. The summed E-state index contributed by atoms with van der Waals surface area (Å²) in [7, 11) is 0. The van der Waals surface area contributed by atoms with Crippen molar-refractivity contribution in [2.45, 2.75) is 33.3 Å². The van der Waals surface area contributed by atoms with Crippen LogP contribution < -0.4 is 10.1 Å². The van der Waals surface area contributed by atoms with Gasteiger partial charge in [-0.1, -0.05) is 42.3 Å². The molecule has 21 heavy (non-hydrogen) atoms. The van der Waals surface area contributed by atoms with Gasteiger partial charge in [0.05, 0.1) is 0 Å². The van der Waals surface area contributed by atoms with Gasteiger partial charge in [-0.3, -0.25) is 4.79 Å². The number of benzene rings is 2. The van der Waals surface area contributed by atoms with Crippen molar-refractivity contribution in [2.24, 2.45) is 0 Å². The number of nitrogens with one attached hydrogen (secondary N) is 1. The van der Waals surface area contributed by atoms with Gasteiger partial charge in [0, 0.05) is 5.69 Å². The van der Waals surface area contributed by atoms with Crippen molar-refractivity contribution in [1.29, 1.82) is 0 Å². The normalized spacial score (nSPS) is 11.8. The van der Waals surface area contributed by atoms with Gasteiger partial charge >= 0.3 is 0 Å². The first-order valence-electron chi connectivity index (χ1n) is 7.19. The summed E-state index contributed by atoms with van der Waals surface area (Å²) in [5.41, 5.74) is 3.12. The topological polar surface area (TPSA) is 38.3 Å². The van der Waals surface area contributed by atoms with Gasteiger partial charge in [-0.05, 0) is 44.5 Å². The average Bonchev–Trinajstić information content (AvgIpc) is 2.49. The van der Waals surface area contributed by atoms with E-state index >= 15 is 0 Å². The van der Waals surface area contributed by atoms with E-state index in [-0.39, 0.29) is 5.91 Å². The van der Waals surface area contributed by atoms with E-state index < -0.39 is 6.10 Å². The van der Waals surface area contributed by atoms with E-state index in [1.165, 1.54) is 5.56 Å². The number of carbonyl (C=O) groups excluding carboxylic acids is 1. The van der Waals surface area contributed by atoms with Crippen LogP contribution in [0.3, 0.4) is 0 Å². The predicted octanol–water partition coefficient (Wildman–Crippen LogP) is 4.10. The summed E-state index contributed by atoms with van der Waals surface area (Å²) in [6.07, 6.45) is 0.125. The van der Waals surface area contributed by atoms with Crippen molar-refractivity contribution >= 4 is 11.6 Å². The summed E-state index contributed by atoms with van der Waals surface area (Å²) < 4.78 is 5.76. The molecule has 110 valence electrons. The fraction of sp³-hybridized carbons (Fsp3) is 0.278. The summed E-state index contributed by atoms with van der Waals surface area (Å²) in [6.45, 7) is 5.97. The maximum atomic E-state index is 12.3. The van der Waals surface area contributed by atoms with Crippen LogP contribution in [0.5, 0.6) is 5.75 Å². The van der Waals surface area contributed by atoms with Crippen LogP contribution in [0, 0.1) is 13.8 Å². The predicted molar refractivity (Wildman–Crippen MR) is 85.7 cm³/mol. The molecule has 2 aromatic carbocycles. The molecular formula is C18H21NO2. The smallest absolute Gasteiger partial charge is 0.265 e. The van der Waals surface area contributed by atoms with Gasteiger partial charge in [-0.15, -0.1) is 0 Å². The van der Waals surface area contributed by atoms with E-state index in [0.29, 0.717) is 12.2 Å². The molecule has 0 fully saturated rings. The third-order valence-corrected chi connectivity index (χ3v) is 3.28. The quantitative estimate of drug-likeness (QED) is 0.897. The first-order chi connectivity index (χ1) is 10.1. The molecule has 0 aromatic heterocycles. The van der Waals surface area contributed by atoms with Gasteiger partial charge in [-0.2, -0.15) is 0 Å². The Morgan fingerprint density at radius 3 is 2.05 bits per heavy atom. The highest BCUT2D eigenvalue weighted by Crippen LogP contribution is 2.16. The Morgan fingerprint density at radius 1 is 1.00 bits per heavy atom. The third-order valence-electron chi connectivity index (χ3n) is 3.28. The maximum absolute atomic E-state index is 12.3. The van der Waals surface area contributed by atoms with Crippen LogP contribution >= 0.6 is 0 Å². The molecule has 0 radical (unpaired) electrons. The molecule has 0 bridgehead atoms. The van der Waals surface area contributed by atoms with E-state index in [2.05, 4.69) is 5.32 Å². The Hall–Kier alpha value is -2.29. The Balaban J connectivity index is 2.01. The molecular weight excluding hydrogens is 262 g/mol. The summed E-state index contributed by atoms with van der Waals surface area (Å²) in [4.78, 5) is 12.3. The van der Waals surface area contributed by atoms with Gasteiger partial charge in [0.2, 0.25) is 0 Å². The highest BCUT2D eigenvalue weighted by molar-refractivity contribution is 5.94. The average molecular weight is 283 g/mol. The van der Waals surface area contributed by atoms with Gasteiger partial charge in [0.15, 0.2) is 6.10 Å². The minimum absolute atomic E-state index is 0.123. The van der Waals surface area contributed by atoms with Crippen molar-refractivity contribution in [2.75, 3.05) is 5.32 Å². The summed E-state index contributed by atoms with van der Waals surface area (Å²) >= 11 is 0. The molecule has 1 N–H and O–H groups in total. The summed E-state index contributed by atoms with van der Waals surface area (Å²) in [5, 5.41) is 2.89. The second kappa shape index (κ2) is 6.93. The Morgan fingerprint density at radius 2 is 1.52 bits per heavy atom. The highest BCUT2D eigenvalue weighted by atomic mass is 16.5. The Labute approximate surface area is 126 Å². The number of anilines is 1. The van der Waals surface area contributed by atoms with Gasteiger partial charge in [0.1, 0.15) is 5.75 Å². The van der Waals surface area contributed by atoms with Crippen LogP contribution in [0.2, 0.25) is 0 Å². The van der Waals surface area contributed by atoms with Crippen molar-refractivity contribution in [3.63, 3.8) is 0 Å².